The van der Waals surface area contributed by atoms with Crippen molar-refractivity contribution in [1.29, 1.82) is 0 Å². The van der Waals surface area contributed by atoms with E-state index in [1.54, 1.807) is 15.2 Å². The number of benzene rings is 10. The molecule has 3 nitrogen and oxygen atoms in total. The van der Waals surface area contributed by atoms with Gasteiger partial charge in [0.2, 0.25) is 0 Å². The van der Waals surface area contributed by atoms with Crippen LogP contribution in [0.1, 0.15) is 40.1 Å². The van der Waals surface area contributed by atoms with Gasteiger partial charge in [0.05, 0.1) is 56.3 Å². The third kappa shape index (κ3) is 4.70. The highest BCUT2D eigenvalue weighted by molar-refractivity contribution is 6.14. The molecule has 298 valence electrons. The van der Waals surface area contributed by atoms with E-state index in [0.717, 1.165) is 71.6 Å². The molecule has 0 saturated heterocycles. The molecule has 0 fully saturated rings. The Bertz CT molecular complexity index is 4650. The minimum absolute atomic E-state index is 0.0118. The maximum Gasteiger partial charge on any atom is 0.0713 e. The Morgan fingerprint density at radius 1 is 0.297 bits per heavy atom. The number of para-hydroxylation sites is 4. The first-order valence-electron chi connectivity index (χ1n) is 27.6. The predicted octanol–water partition coefficient (Wildman–Crippen LogP) is 15.3. The SMILES string of the molecule is [2H]c1c([2H])c([2H])c(-n2c3ccccc3c3cc(-n4c5ccc(-n6c7c([2H])c([2H])c([2H])c([2H])c7c7c([2H])c([2H])c([2H])c([2H])c76)cc5c5cc(C6(c7ccccc7)c7ccccc7-c7ccccc76)ccc54)ccc32)c([2H])c1[2H]. The Balaban J connectivity index is 1.11. The monoisotopic (exact) mass is 826 g/mol. The third-order valence-corrected chi connectivity index (χ3v) is 13.3. The molecule has 0 N–H and O–H groups in total. The zero-order valence-corrected chi connectivity index (χ0v) is 33.9. The minimum Gasteiger partial charge on any atom is -0.309 e. The molecule has 3 heteroatoms. The zero-order valence-electron chi connectivity index (χ0n) is 46.9. The lowest BCUT2D eigenvalue weighted by molar-refractivity contribution is 0.770. The van der Waals surface area contributed by atoms with E-state index in [9.17, 15) is 2.74 Å². The quantitative estimate of drug-likeness (QED) is 0.164. The normalized spacial score (nSPS) is 16.0. The molecule has 0 aliphatic heterocycles. The van der Waals surface area contributed by atoms with E-state index in [4.69, 9.17) is 15.1 Å². The van der Waals surface area contributed by atoms with Crippen LogP contribution in [0.25, 0.3) is 93.6 Å². The standard InChI is InChI=1S/C61H39N3/c1-3-17-40(18-4-1)61(53-26-12-7-21-45(53)46-22-8-13-27-54(46)61)41-31-34-58-50(37-41)52-39-44(63-55-28-14-9-23-47(55)48-24-10-15-29-56(48)63)33-36-60(52)64(58)43-32-35-59-51(38-43)49-25-11-16-30-57(49)62(59)42-19-5-2-6-20-42/h1-39H/i2D,5D,6D,9D,10D,14D,15D,19D,20D,23D,24D,28D,29D. The van der Waals surface area contributed by atoms with Gasteiger partial charge in [0.1, 0.15) is 0 Å². The largest absolute Gasteiger partial charge is 0.309 e. The van der Waals surface area contributed by atoms with Gasteiger partial charge in [-0.2, -0.15) is 0 Å². The van der Waals surface area contributed by atoms with E-state index < -0.39 is 71.9 Å². The van der Waals surface area contributed by atoms with Crippen molar-refractivity contribution >= 4 is 65.4 Å². The van der Waals surface area contributed by atoms with Crippen molar-refractivity contribution in [3.63, 3.8) is 0 Å². The molecule has 3 aromatic heterocycles. The number of hydrogen-bond acceptors (Lipinski definition) is 0. The van der Waals surface area contributed by atoms with Crippen LogP contribution in [0.4, 0.5) is 0 Å². The van der Waals surface area contributed by atoms with E-state index in [1.165, 1.54) is 0 Å². The molecule has 3 heterocycles. The van der Waals surface area contributed by atoms with Gasteiger partial charge in [0, 0.05) is 49.4 Å². The molecule has 13 aromatic rings. The number of fused-ring (bicyclic) bond motifs is 12. The van der Waals surface area contributed by atoms with Crippen LogP contribution in [-0.4, -0.2) is 13.7 Å². The summed E-state index contributed by atoms with van der Waals surface area (Å²) in [5.41, 5.74) is 9.80. The van der Waals surface area contributed by atoms with Gasteiger partial charge >= 0.3 is 0 Å². The highest BCUT2D eigenvalue weighted by Gasteiger charge is 2.46. The summed E-state index contributed by atoms with van der Waals surface area (Å²) >= 11 is 0. The molecule has 0 bridgehead atoms. The van der Waals surface area contributed by atoms with Crippen molar-refractivity contribution in [2.45, 2.75) is 5.41 Å². The fraction of sp³-hybridized carbons (Fsp3) is 0.0164. The molecular formula is C61H39N3. The van der Waals surface area contributed by atoms with Crippen molar-refractivity contribution in [3.8, 4) is 28.2 Å². The van der Waals surface area contributed by atoms with Crippen LogP contribution < -0.4 is 0 Å². The first-order valence-corrected chi connectivity index (χ1v) is 21.1. The van der Waals surface area contributed by atoms with E-state index >= 15 is 0 Å². The molecule has 0 spiro atoms. The maximum absolute atomic E-state index is 9.31. The molecule has 0 atom stereocenters. The van der Waals surface area contributed by atoms with Crippen LogP contribution in [-0.2, 0) is 5.41 Å². The summed E-state index contributed by atoms with van der Waals surface area (Å²) in [4.78, 5) is 0. The van der Waals surface area contributed by atoms with Crippen molar-refractivity contribution in [2.24, 2.45) is 0 Å². The summed E-state index contributed by atoms with van der Waals surface area (Å²) < 4.78 is 121. The third-order valence-electron chi connectivity index (χ3n) is 13.3. The molecule has 0 radical (unpaired) electrons. The fourth-order valence-corrected chi connectivity index (χ4v) is 10.7. The van der Waals surface area contributed by atoms with E-state index in [0.29, 0.717) is 16.7 Å². The Hall–Kier alpha value is -8.40. The van der Waals surface area contributed by atoms with Gasteiger partial charge in [-0.3, -0.25) is 0 Å². The van der Waals surface area contributed by atoms with Crippen molar-refractivity contribution in [2.75, 3.05) is 0 Å². The van der Waals surface area contributed by atoms with E-state index in [2.05, 4.69) is 95.6 Å². The second-order valence-electron chi connectivity index (χ2n) is 16.3. The first-order chi connectivity index (χ1) is 37.2. The lowest BCUT2D eigenvalue weighted by Gasteiger charge is -2.34. The minimum atomic E-state index is -0.780. The second-order valence-corrected chi connectivity index (χ2v) is 16.3. The predicted molar refractivity (Wildman–Crippen MR) is 267 cm³/mol. The van der Waals surface area contributed by atoms with Crippen LogP contribution in [0.2, 0.25) is 0 Å². The van der Waals surface area contributed by atoms with Crippen LogP contribution >= 0.6 is 0 Å². The Labute approximate surface area is 388 Å². The van der Waals surface area contributed by atoms with Crippen molar-refractivity contribution in [3.05, 3.63) is 259 Å². The van der Waals surface area contributed by atoms with Gasteiger partial charge in [-0.05, 0) is 112 Å². The van der Waals surface area contributed by atoms with E-state index in [-0.39, 0.29) is 39.6 Å². The summed E-state index contributed by atoms with van der Waals surface area (Å²) in [6.07, 6.45) is 0. The molecule has 0 amide bonds. The average Bonchev–Trinajstić information content (AvgIpc) is 4.40. The summed E-state index contributed by atoms with van der Waals surface area (Å²) in [5.74, 6) is 0. The molecule has 10 aromatic carbocycles. The van der Waals surface area contributed by atoms with Gasteiger partial charge in [-0.1, -0.05) is 158 Å². The Morgan fingerprint density at radius 2 is 0.766 bits per heavy atom. The summed E-state index contributed by atoms with van der Waals surface area (Å²) in [5, 5.41) is 3.10. The molecule has 1 aliphatic carbocycles. The highest BCUT2D eigenvalue weighted by atomic mass is 15.0. The van der Waals surface area contributed by atoms with Gasteiger partial charge in [-0.15, -0.1) is 0 Å². The van der Waals surface area contributed by atoms with Gasteiger partial charge in [0.25, 0.3) is 0 Å². The molecule has 14 rings (SSSR count). The average molecular weight is 827 g/mol. The van der Waals surface area contributed by atoms with Gasteiger partial charge in [-0.25, -0.2) is 0 Å². The second kappa shape index (κ2) is 13.3. The lowest BCUT2D eigenvalue weighted by atomic mass is 9.67. The van der Waals surface area contributed by atoms with Crippen molar-refractivity contribution in [1.82, 2.24) is 13.7 Å². The van der Waals surface area contributed by atoms with Crippen LogP contribution in [0.3, 0.4) is 0 Å². The summed E-state index contributed by atoms with van der Waals surface area (Å²) in [6.45, 7) is 0. The first kappa shape index (κ1) is 24.9. The number of rotatable bonds is 5. The summed E-state index contributed by atoms with van der Waals surface area (Å²) in [7, 11) is 0. The lowest BCUT2D eigenvalue weighted by Crippen LogP contribution is -2.28. The fourth-order valence-electron chi connectivity index (χ4n) is 10.7. The number of nitrogens with zero attached hydrogens (tertiary/aromatic N) is 3. The van der Waals surface area contributed by atoms with Crippen LogP contribution in [0.15, 0.2) is 236 Å². The highest BCUT2D eigenvalue weighted by Crippen LogP contribution is 2.56. The Kier molecular flexibility index (Phi) is 5.17. The molecular weight excluding hydrogens is 775 g/mol. The van der Waals surface area contributed by atoms with Crippen LogP contribution in [0, 0.1) is 0 Å². The number of aromatic nitrogens is 3. The topological polar surface area (TPSA) is 14.8 Å². The van der Waals surface area contributed by atoms with Gasteiger partial charge < -0.3 is 13.7 Å². The van der Waals surface area contributed by atoms with E-state index in [1.807, 2.05) is 60.7 Å². The smallest absolute Gasteiger partial charge is 0.0713 e. The maximum atomic E-state index is 9.31. The zero-order chi connectivity index (χ0) is 53.2. The van der Waals surface area contributed by atoms with Gasteiger partial charge in [0.15, 0.2) is 0 Å². The molecule has 1 aliphatic rings. The van der Waals surface area contributed by atoms with Crippen molar-refractivity contribution < 1.29 is 17.8 Å². The number of hydrogen-bond donors (Lipinski definition) is 0. The Morgan fingerprint density at radius 3 is 1.42 bits per heavy atom. The molecule has 0 unspecified atom stereocenters. The molecule has 0 saturated carbocycles. The molecule has 64 heavy (non-hydrogen) atoms. The van der Waals surface area contributed by atoms with Crippen LogP contribution in [0.5, 0.6) is 0 Å². The summed E-state index contributed by atoms with van der Waals surface area (Å²) in [6, 6.07) is 47.4.